The van der Waals surface area contributed by atoms with Crippen molar-refractivity contribution in [2.24, 2.45) is 17.3 Å². The Kier molecular flexibility index (Phi) is 6.04. The van der Waals surface area contributed by atoms with E-state index in [0.717, 1.165) is 67.6 Å². The van der Waals surface area contributed by atoms with Crippen LogP contribution in [0.1, 0.15) is 84.8 Å². The summed E-state index contributed by atoms with van der Waals surface area (Å²) in [5, 5.41) is 3.09. The first-order valence-electron chi connectivity index (χ1n) is 11.8. The first-order chi connectivity index (χ1) is 14.2. The zero-order chi connectivity index (χ0) is 21.5. The maximum atomic E-state index is 13.0. The van der Waals surface area contributed by atoms with E-state index in [-0.39, 0.29) is 16.6 Å². The summed E-state index contributed by atoms with van der Waals surface area (Å²) in [7, 11) is -2.96. The molecule has 0 radical (unpaired) electrons. The van der Waals surface area contributed by atoms with Crippen molar-refractivity contribution in [2.75, 3.05) is 12.3 Å². The fourth-order valence-electron chi connectivity index (χ4n) is 5.59. The Morgan fingerprint density at radius 3 is 2.07 bits per heavy atom. The molecule has 0 aromatic heterocycles. The summed E-state index contributed by atoms with van der Waals surface area (Å²) in [6.45, 7) is 6.74. The van der Waals surface area contributed by atoms with Gasteiger partial charge in [-0.3, -0.25) is 4.79 Å². The molecule has 1 amide bonds. The van der Waals surface area contributed by atoms with Gasteiger partial charge in [-0.2, -0.15) is 0 Å². The first-order valence-corrected chi connectivity index (χ1v) is 13.5. The molecule has 3 saturated carbocycles. The molecule has 4 rings (SSSR count). The predicted molar refractivity (Wildman–Crippen MR) is 122 cm³/mol. The molecule has 30 heavy (non-hydrogen) atoms. The standard InChI is InChI=1S/C25H37NO3S/c1-17-12-18(2)23(19(3)13-17)24(27)26-16-25(14-20-4-5-20)10-8-22(9-11-25)30(28,29)15-21-6-7-21/h12-13,20-22H,4-11,14-16H2,1-3H3,(H,26,27). The zero-order valence-electron chi connectivity index (χ0n) is 18.8. The Morgan fingerprint density at radius 2 is 1.53 bits per heavy atom. The Bertz CT molecular complexity index is 881. The van der Waals surface area contributed by atoms with Gasteiger partial charge in [0.25, 0.3) is 5.91 Å². The molecule has 0 saturated heterocycles. The quantitative estimate of drug-likeness (QED) is 0.637. The van der Waals surface area contributed by atoms with Gasteiger partial charge in [0.1, 0.15) is 0 Å². The van der Waals surface area contributed by atoms with Crippen LogP contribution in [-0.2, 0) is 9.84 Å². The molecule has 0 atom stereocenters. The minimum absolute atomic E-state index is 0.0173. The Balaban J connectivity index is 1.41. The van der Waals surface area contributed by atoms with Crippen LogP contribution in [0.5, 0.6) is 0 Å². The molecule has 0 aliphatic heterocycles. The van der Waals surface area contributed by atoms with E-state index in [1.165, 1.54) is 18.4 Å². The third kappa shape index (κ3) is 5.09. The number of carbonyl (C=O) groups is 1. The first kappa shape index (κ1) is 21.9. The van der Waals surface area contributed by atoms with Gasteiger partial charge in [-0.15, -0.1) is 0 Å². The normalized spacial score (nSPS) is 27.1. The molecule has 4 nitrogen and oxygen atoms in total. The van der Waals surface area contributed by atoms with E-state index in [1.807, 2.05) is 13.8 Å². The summed E-state index contributed by atoms with van der Waals surface area (Å²) < 4.78 is 25.5. The summed E-state index contributed by atoms with van der Waals surface area (Å²) >= 11 is 0. The van der Waals surface area contributed by atoms with Crippen LogP contribution >= 0.6 is 0 Å². The van der Waals surface area contributed by atoms with Crippen molar-refractivity contribution < 1.29 is 13.2 Å². The van der Waals surface area contributed by atoms with Crippen molar-refractivity contribution in [3.05, 3.63) is 34.4 Å². The number of hydrogen-bond acceptors (Lipinski definition) is 3. The lowest BCUT2D eigenvalue weighted by molar-refractivity contribution is 0.0894. The van der Waals surface area contributed by atoms with Gasteiger partial charge >= 0.3 is 0 Å². The average Bonchev–Trinajstić information content (AvgIpc) is 3.57. The fourth-order valence-corrected chi connectivity index (χ4v) is 7.81. The molecular weight excluding hydrogens is 394 g/mol. The van der Waals surface area contributed by atoms with Crippen LogP contribution in [0.3, 0.4) is 0 Å². The Morgan fingerprint density at radius 1 is 0.967 bits per heavy atom. The molecule has 1 aromatic rings. The van der Waals surface area contributed by atoms with Crippen molar-refractivity contribution in [3.63, 3.8) is 0 Å². The third-order valence-corrected chi connectivity index (χ3v) is 10.0. The highest BCUT2D eigenvalue weighted by Gasteiger charge is 2.43. The van der Waals surface area contributed by atoms with Crippen molar-refractivity contribution in [3.8, 4) is 0 Å². The summed E-state index contributed by atoms with van der Waals surface area (Å²) in [6, 6.07) is 4.13. The van der Waals surface area contributed by atoms with Crippen LogP contribution in [0.2, 0.25) is 0 Å². The number of hydrogen-bond donors (Lipinski definition) is 1. The number of amides is 1. The van der Waals surface area contributed by atoms with Crippen LogP contribution in [0.15, 0.2) is 12.1 Å². The average molecular weight is 432 g/mol. The molecule has 0 unspecified atom stereocenters. The van der Waals surface area contributed by atoms with Gasteiger partial charge in [0, 0.05) is 12.1 Å². The van der Waals surface area contributed by atoms with E-state index in [2.05, 4.69) is 24.4 Å². The Labute approximate surface area is 182 Å². The van der Waals surface area contributed by atoms with Gasteiger partial charge in [0.15, 0.2) is 9.84 Å². The smallest absolute Gasteiger partial charge is 0.251 e. The zero-order valence-corrected chi connectivity index (χ0v) is 19.6. The molecular formula is C25H37NO3S. The van der Waals surface area contributed by atoms with E-state index in [1.54, 1.807) is 0 Å². The molecule has 3 aliphatic rings. The highest BCUT2D eigenvalue weighted by Crippen LogP contribution is 2.48. The van der Waals surface area contributed by atoms with Crippen LogP contribution in [0.25, 0.3) is 0 Å². The van der Waals surface area contributed by atoms with Crippen LogP contribution < -0.4 is 5.32 Å². The van der Waals surface area contributed by atoms with E-state index in [9.17, 15) is 13.2 Å². The van der Waals surface area contributed by atoms with Crippen LogP contribution in [0, 0.1) is 38.0 Å². The summed E-state index contributed by atoms with van der Waals surface area (Å²) in [4.78, 5) is 13.0. The second-order valence-electron chi connectivity index (χ2n) is 10.6. The molecule has 1 N–H and O–H groups in total. The number of nitrogens with one attached hydrogen (secondary N) is 1. The summed E-state index contributed by atoms with van der Waals surface area (Å²) in [6.07, 6.45) is 9.25. The van der Waals surface area contributed by atoms with Crippen LogP contribution in [0.4, 0.5) is 0 Å². The Hall–Kier alpha value is -1.36. The predicted octanol–water partition coefficient (Wildman–Crippen LogP) is 4.90. The molecule has 0 heterocycles. The molecule has 0 spiro atoms. The minimum Gasteiger partial charge on any atom is -0.351 e. The second kappa shape index (κ2) is 8.29. The minimum atomic E-state index is -2.96. The number of aryl methyl sites for hydroxylation is 3. The van der Waals surface area contributed by atoms with Crippen molar-refractivity contribution in [1.82, 2.24) is 5.32 Å². The van der Waals surface area contributed by atoms with E-state index in [4.69, 9.17) is 0 Å². The SMILES string of the molecule is Cc1cc(C)c(C(=O)NCC2(CC3CC3)CCC(S(=O)(=O)CC3CC3)CC2)c(C)c1. The number of benzene rings is 1. The lowest BCUT2D eigenvalue weighted by atomic mass is 9.70. The van der Waals surface area contributed by atoms with Crippen molar-refractivity contribution >= 4 is 15.7 Å². The lowest BCUT2D eigenvalue weighted by Gasteiger charge is -2.40. The van der Waals surface area contributed by atoms with Gasteiger partial charge in [0.2, 0.25) is 0 Å². The topological polar surface area (TPSA) is 63.2 Å². The molecule has 5 heteroatoms. The molecule has 0 bridgehead atoms. The summed E-state index contributed by atoms with van der Waals surface area (Å²) in [5.74, 6) is 1.61. The monoisotopic (exact) mass is 431 g/mol. The van der Waals surface area contributed by atoms with Gasteiger partial charge in [0.05, 0.1) is 11.0 Å². The van der Waals surface area contributed by atoms with E-state index < -0.39 is 9.84 Å². The van der Waals surface area contributed by atoms with Crippen molar-refractivity contribution in [2.45, 2.75) is 83.8 Å². The number of sulfone groups is 1. The van der Waals surface area contributed by atoms with Gasteiger partial charge in [-0.05, 0) is 94.1 Å². The maximum Gasteiger partial charge on any atom is 0.251 e. The number of rotatable bonds is 8. The van der Waals surface area contributed by atoms with Crippen molar-refractivity contribution in [1.29, 1.82) is 0 Å². The lowest BCUT2D eigenvalue weighted by Crippen LogP contribution is -2.43. The largest absolute Gasteiger partial charge is 0.351 e. The van der Waals surface area contributed by atoms with Gasteiger partial charge < -0.3 is 5.32 Å². The highest BCUT2D eigenvalue weighted by atomic mass is 32.2. The van der Waals surface area contributed by atoms with Crippen LogP contribution in [-0.4, -0.2) is 31.9 Å². The second-order valence-corrected chi connectivity index (χ2v) is 12.9. The van der Waals surface area contributed by atoms with Gasteiger partial charge in [-0.1, -0.05) is 30.5 Å². The van der Waals surface area contributed by atoms with E-state index in [0.29, 0.717) is 18.2 Å². The molecule has 1 aromatic carbocycles. The van der Waals surface area contributed by atoms with E-state index >= 15 is 0 Å². The van der Waals surface area contributed by atoms with Gasteiger partial charge in [-0.25, -0.2) is 8.42 Å². The molecule has 3 fully saturated rings. The highest BCUT2D eigenvalue weighted by molar-refractivity contribution is 7.92. The maximum absolute atomic E-state index is 13.0. The summed E-state index contributed by atoms with van der Waals surface area (Å²) in [5.41, 5.74) is 4.09. The molecule has 166 valence electrons. The fraction of sp³-hybridized carbons (Fsp3) is 0.720. The third-order valence-electron chi connectivity index (χ3n) is 7.61. The molecule has 3 aliphatic carbocycles. The number of carbonyl (C=O) groups excluding carboxylic acids is 1.